The first-order chi connectivity index (χ1) is 6.82. The Balaban J connectivity index is 2.96. The van der Waals surface area contributed by atoms with Crippen LogP contribution in [0.25, 0.3) is 0 Å². The number of hydrogen-bond acceptors (Lipinski definition) is 2. The minimum Gasteiger partial charge on any atom is -0.290 e. The SMILES string of the molecule is Cc1ccc(C(=O)C(=O)C(C)(C)C)cc1. The van der Waals surface area contributed by atoms with E-state index < -0.39 is 11.2 Å². The van der Waals surface area contributed by atoms with Crippen molar-refractivity contribution in [3.8, 4) is 0 Å². The van der Waals surface area contributed by atoms with Crippen molar-refractivity contribution in [2.24, 2.45) is 5.41 Å². The summed E-state index contributed by atoms with van der Waals surface area (Å²) < 4.78 is 0. The van der Waals surface area contributed by atoms with Crippen LogP contribution in [0.5, 0.6) is 0 Å². The largest absolute Gasteiger partial charge is 0.290 e. The molecule has 0 aliphatic heterocycles. The van der Waals surface area contributed by atoms with Crippen LogP contribution in [0.1, 0.15) is 36.7 Å². The van der Waals surface area contributed by atoms with Gasteiger partial charge in [-0.3, -0.25) is 9.59 Å². The lowest BCUT2D eigenvalue weighted by Crippen LogP contribution is -2.28. The molecule has 2 nitrogen and oxygen atoms in total. The second kappa shape index (κ2) is 3.97. The number of ketones is 2. The van der Waals surface area contributed by atoms with E-state index >= 15 is 0 Å². The average molecular weight is 204 g/mol. The van der Waals surface area contributed by atoms with E-state index in [9.17, 15) is 9.59 Å². The monoisotopic (exact) mass is 204 g/mol. The molecule has 0 spiro atoms. The van der Waals surface area contributed by atoms with E-state index in [2.05, 4.69) is 0 Å². The highest BCUT2D eigenvalue weighted by Crippen LogP contribution is 2.18. The summed E-state index contributed by atoms with van der Waals surface area (Å²) in [5, 5.41) is 0. The summed E-state index contributed by atoms with van der Waals surface area (Å²) in [7, 11) is 0. The molecule has 0 bridgehead atoms. The van der Waals surface area contributed by atoms with Crippen molar-refractivity contribution in [3.05, 3.63) is 35.4 Å². The zero-order valence-corrected chi connectivity index (χ0v) is 9.63. The van der Waals surface area contributed by atoms with Gasteiger partial charge < -0.3 is 0 Å². The molecule has 0 saturated carbocycles. The van der Waals surface area contributed by atoms with Gasteiger partial charge in [-0.15, -0.1) is 0 Å². The summed E-state index contributed by atoms with van der Waals surface area (Å²) in [6.07, 6.45) is 0. The maximum absolute atomic E-state index is 11.8. The molecule has 15 heavy (non-hydrogen) atoms. The summed E-state index contributed by atoms with van der Waals surface area (Å²) in [6, 6.07) is 7.06. The lowest BCUT2D eigenvalue weighted by atomic mass is 9.86. The van der Waals surface area contributed by atoms with Crippen LogP contribution >= 0.6 is 0 Å². The predicted molar refractivity (Wildman–Crippen MR) is 60.0 cm³/mol. The van der Waals surface area contributed by atoms with Gasteiger partial charge in [0.05, 0.1) is 0 Å². The highest BCUT2D eigenvalue weighted by atomic mass is 16.2. The molecule has 0 fully saturated rings. The smallest absolute Gasteiger partial charge is 0.229 e. The lowest BCUT2D eigenvalue weighted by molar-refractivity contribution is -0.121. The zero-order valence-electron chi connectivity index (χ0n) is 9.63. The molecule has 80 valence electrons. The summed E-state index contributed by atoms with van der Waals surface area (Å²) in [5.74, 6) is -0.742. The van der Waals surface area contributed by atoms with E-state index in [-0.39, 0.29) is 5.78 Å². The number of rotatable bonds is 2. The van der Waals surface area contributed by atoms with Crippen molar-refractivity contribution < 1.29 is 9.59 Å². The van der Waals surface area contributed by atoms with Crippen LogP contribution in [0.15, 0.2) is 24.3 Å². The fourth-order valence-corrected chi connectivity index (χ4v) is 1.18. The molecule has 0 amide bonds. The maximum atomic E-state index is 11.8. The van der Waals surface area contributed by atoms with Crippen LogP contribution in [-0.2, 0) is 4.79 Å². The summed E-state index contributed by atoms with van der Waals surface area (Å²) >= 11 is 0. The van der Waals surface area contributed by atoms with Gasteiger partial charge in [-0.25, -0.2) is 0 Å². The van der Waals surface area contributed by atoms with Gasteiger partial charge in [0.1, 0.15) is 0 Å². The first-order valence-electron chi connectivity index (χ1n) is 4.98. The Morgan fingerprint density at radius 3 is 1.87 bits per heavy atom. The second-order valence-electron chi connectivity index (χ2n) is 4.77. The molecule has 0 radical (unpaired) electrons. The fourth-order valence-electron chi connectivity index (χ4n) is 1.18. The van der Waals surface area contributed by atoms with E-state index in [4.69, 9.17) is 0 Å². The van der Waals surface area contributed by atoms with Gasteiger partial charge in [-0.05, 0) is 6.92 Å². The van der Waals surface area contributed by atoms with Crippen molar-refractivity contribution >= 4 is 11.6 Å². The third kappa shape index (κ3) is 2.75. The molecular formula is C13H16O2. The Morgan fingerprint density at radius 1 is 1.00 bits per heavy atom. The van der Waals surface area contributed by atoms with E-state index in [1.807, 2.05) is 19.1 Å². The molecule has 1 aromatic rings. The molecule has 0 heterocycles. The molecule has 0 aliphatic carbocycles. The molecule has 0 aliphatic rings. The molecule has 0 unspecified atom stereocenters. The number of carbonyl (C=O) groups excluding carboxylic acids is 2. The van der Waals surface area contributed by atoms with Gasteiger partial charge >= 0.3 is 0 Å². The van der Waals surface area contributed by atoms with Gasteiger partial charge in [-0.1, -0.05) is 50.6 Å². The van der Waals surface area contributed by atoms with Crippen molar-refractivity contribution in [1.29, 1.82) is 0 Å². The van der Waals surface area contributed by atoms with Crippen molar-refractivity contribution in [1.82, 2.24) is 0 Å². The zero-order chi connectivity index (χ0) is 11.6. The maximum Gasteiger partial charge on any atom is 0.229 e. The Labute approximate surface area is 90.3 Å². The van der Waals surface area contributed by atoms with Gasteiger partial charge in [0.25, 0.3) is 0 Å². The molecule has 1 aromatic carbocycles. The Kier molecular flexibility index (Phi) is 3.08. The number of hydrogen-bond donors (Lipinski definition) is 0. The van der Waals surface area contributed by atoms with Crippen LogP contribution in [0, 0.1) is 12.3 Å². The van der Waals surface area contributed by atoms with Crippen LogP contribution < -0.4 is 0 Å². The summed E-state index contributed by atoms with van der Waals surface area (Å²) in [6.45, 7) is 7.20. The van der Waals surface area contributed by atoms with Crippen LogP contribution in [-0.4, -0.2) is 11.6 Å². The molecule has 2 heteroatoms. The summed E-state index contributed by atoms with van der Waals surface area (Å²) in [5.41, 5.74) is 0.942. The van der Waals surface area contributed by atoms with Crippen molar-refractivity contribution in [2.75, 3.05) is 0 Å². The van der Waals surface area contributed by atoms with Crippen LogP contribution in [0.3, 0.4) is 0 Å². The van der Waals surface area contributed by atoms with E-state index in [1.54, 1.807) is 32.9 Å². The first-order valence-corrected chi connectivity index (χ1v) is 4.98. The van der Waals surface area contributed by atoms with Gasteiger partial charge in [0.2, 0.25) is 11.6 Å². The molecular weight excluding hydrogens is 188 g/mol. The first kappa shape index (κ1) is 11.6. The highest BCUT2D eigenvalue weighted by molar-refractivity contribution is 6.45. The minimum absolute atomic E-state index is 0.341. The lowest BCUT2D eigenvalue weighted by Gasteiger charge is -2.15. The minimum atomic E-state index is -0.609. The Bertz CT molecular complexity index is 380. The average Bonchev–Trinajstić information content (AvgIpc) is 2.15. The van der Waals surface area contributed by atoms with Crippen LogP contribution in [0.4, 0.5) is 0 Å². The van der Waals surface area contributed by atoms with Gasteiger partial charge in [-0.2, -0.15) is 0 Å². The molecule has 1 rings (SSSR count). The molecule has 0 atom stereocenters. The topological polar surface area (TPSA) is 34.1 Å². The van der Waals surface area contributed by atoms with Crippen molar-refractivity contribution in [3.63, 3.8) is 0 Å². The highest BCUT2D eigenvalue weighted by Gasteiger charge is 2.28. The number of carbonyl (C=O) groups is 2. The standard InChI is InChI=1S/C13H16O2/c1-9-5-7-10(8-6-9)11(14)12(15)13(2,3)4/h5-8H,1-4H3. The van der Waals surface area contributed by atoms with Gasteiger partial charge in [0, 0.05) is 11.0 Å². The third-order valence-corrected chi connectivity index (χ3v) is 2.20. The normalized spacial score (nSPS) is 11.2. The third-order valence-electron chi connectivity index (χ3n) is 2.20. The Morgan fingerprint density at radius 2 is 1.47 bits per heavy atom. The predicted octanol–water partition coefficient (Wildman–Crippen LogP) is 2.79. The number of aryl methyl sites for hydroxylation is 1. The molecule has 0 aromatic heterocycles. The van der Waals surface area contributed by atoms with E-state index in [0.29, 0.717) is 5.56 Å². The number of Topliss-reactive ketones (excluding diaryl/α,β-unsaturated/α-hetero) is 2. The fraction of sp³-hybridized carbons (Fsp3) is 0.385. The van der Waals surface area contributed by atoms with Crippen molar-refractivity contribution in [2.45, 2.75) is 27.7 Å². The Hall–Kier alpha value is -1.44. The van der Waals surface area contributed by atoms with E-state index in [1.165, 1.54) is 0 Å². The van der Waals surface area contributed by atoms with Gasteiger partial charge in [0.15, 0.2) is 0 Å². The summed E-state index contributed by atoms with van der Waals surface area (Å²) in [4.78, 5) is 23.5. The quantitative estimate of drug-likeness (QED) is 0.548. The molecule has 0 N–H and O–H groups in total. The van der Waals surface area contributed by atoms with Crippen LogP contribution in [0.2, 0.25) is 0 Å². The molecule has 0 saturated heterocycles. The van der Waals surface area contributed by atoms with E-state index in [0.717, 1.165) is 5.56 Å². The second-order valence-corrected chi connectivity index (χ2v) is 4.77. The number of benzene rings is 1.